The highest BCUT2D eigenvalue weighted by atomic mass is 32.2. The summed E-state index contributed by atoms with van der Waals surface area (Å²) in [6, 6.07) is 14.6. The summed E-state index contributed by atoms with van der Waals surface area (Å²) in [7, 11) is -3.89. The van der Waals surface area contributed by atoms with Gasteiger partial charge in [0.25, 0.3) is 5.91 Å². The normalized spacial score (nSPS) is 16.2. The molecule has 10 nitrogen and oxygen atoms in total. The minimum Gasteiger partial charge on any atom is -0.464 e. The van der Waals surface area contributed by atoms with Crippen molar-refractivity contribution in [1.82, 2.24) is 14.6 Å². The van der Waals surface area contributed by atoms with Crippen molar-refractivity contribution in [3.63, 3.8) is 0 Å². The number of anilines is 1. The van der Waals surface area contributed by atoms with Crippen molar-refractivity contribution in [2.24, 2.45) is 0 Å². The highest BCUT2D eigenvalue weighted by Gasteiger charge is 2.40. The number of benzene rings is 2. The predicted molar refractivity (Wildman–Crippen MR) is 149 cm³/mol. The lowest BCUT2D eigenvalue weighted by Gasteiger charge is -2.25. The molecule has 1 aliphatic heterocycles. The van der Waals surface area contributed by atoms with Gasteiger partial charge in [-0.1, -0.05) is 29.8 Å². The van der Waals surface area contributed by atoms with Crippen LogP contribution >= 0.6 is 0 Å². The Morgan fingerprint density at radius 3 is 2.35 bits per heavy atom. The predicted octanol–water partition coefficient (Wildman–Crippen LogP) is 3.09. The molecule has 11 heteroatoms. The zero-order chi connectivity index (χ0) is 28.7. The number of rotatable bonds is 10. The Balaban J connectivity index is 1.45. The van der Waals surface area contributed by atoms with Crippen LogP contribution < -0.4 is 10.6 Å². The third kappa shape index (κ3) is 6.91. The highest BCUT2D eigenvalue weighted by Crippen LogP contribution is 2.27. The van der Waals surface area contributed by atoms with Gasteiger partial charge in [-0.3, -0.25) is 14.6 Å². The first-order valence-electron chi connectivity index (χ1n) is 13.0. The number of carbonyl (C=O) groups excluding carboxylic acids is 3. The number of pyridine rings is 1. The molecular formula is C29H32N4O6S. The number of carbonyl (C=O) groups is 3. The summed E-state index contributed by atoms with van der Waals surface area (Å²) < 4.78 is 33.0. The van der Waals surface area contributed by atoms with Gasteiger partial charge in [-0.2, -0.15) is 4.31 Å². The molecule has 0 spiro atoms. The fraction of sp³-hybridized carbons (Fsp3) is 0.310. The minimum absolute atomic E-state index is 0.121. The van der Waals surface area contributed by atoms with Crippen LogP contribution in [0.5, 0.6) is 0 Å². The van der Waals surface area contributed by atoms with Crippen LogP contribution in [0.15, 0.2) is 78.0 Å². The molecule has 0 aliphatic carbocycles. The molecule has 2 amide bonds. The van der Waals surface area contributed by atoms with E-state index in [1.165, 1.54) is 28.8 Å². The van der Waals surface area contributed by atoms with Crippen LogP contribution in [0.1, 0.15) is 41.3 Å². The summed E-state index contributed by atoms with van der Waals surface area (Å²) >= 11 is 0. The Morgan fingerprint density at radius 1 is 1.02 bits per heavy atom. The van der Waals surface area contributed by atoms with Gasteiger partial charge in [0.1, 0.15) is 12.1 Å². The number of hydrogen-bond acceptors (Lipinski definition) is 7. The number of sulfonamides is 1. The first-order valence-corrected chi connectivity index (χ1v) is 14.5. The summed E-state index contributed by atoms with van der Waals surface area (Å²) in [5.41, 5.74) is 2.67. The molecule has 2 heterocycles. The van der Waals surface area contributed by atoms with Crippen LogP contribution in [0.2, 0.25) is 0 Å². The number of esters is 1. The average molecular weight is 565 g/mol. The van der Waals surface area contributed by atoms with E-state index in [4.69, 9.17) is 4.74 Å². The monoisotopic (exact) mass is 564 g/mol. The second-order valence-corrected chi connectivity index (χ2v) is 11.4. The third-order valence-corrected chi connectivity index (χ3v) is 8.54. The molecule has 210 valence electrons. The number of hydrogen-bond donors (Lipinski definition) is 2. The van der Waals surface area contributed by atoms with Gasteiger partial charge in [-0.25, -0.2) is 13.2 Å². The van der Waals surface area contributed by atoms with E-state index in [9.17, 15) is 22.8 Å². The minimum atomic E-state index is -3.89. The Bertz CT molecular complexity index is 1440. The number of amides is 2. The molecule has 2 N–H and O–H groups in total. The molecule has 0 bridgehead atoms. The molecule has 3 aromatic rings. The first kappa shape index (κ1) is 28.9. The first-order chi connectivity index (χ1) is 19.2. The smallest absolute Gasteiger partial charge is 0.328 e. The Morgan fingerprint density at radius 2 is 1.70 bits per heavy atom. The van der Waals surface area contributed by atoms with Gasteiger partial charge < -0.3 is 15.4 Å². The Labute approximate surface area is 233 Å². The van der Waals surface area contributed by atoms with Crippen molar-refractivity contribution in [3.8, 4) is 0 Å². The van der Waals surface area contributed by atoms with Crippen LogP contribution in [0.3, 0.4) is 0 Å². The topological polar surface area (TPSA) is 135 Å². The van der Waals surface area contributed by atoms with Crippen LogP contribution in [0, 0.1) is 6.92 Å². The number of aryl methyl sites for hydroxylation is 1. The van der Waals surface area contributed by atoms with E-state index in [1.54, 1.807) is 55.5 Å². The summed E-state index contributed by atoms with van der Waals surface area (Å²) in [5.74, 6) is -1.45. The molecule has 2 atom stereocenters. The van der Waals surface area contributed by atoms with Gasteiger partial charge in [-0.05, 0) is 68.7 Å². The van der Waals surface area contributed by atoms with E-state index in [1.807, 2.05) is 6.92 Å². The lowest BCUT2D eigenvalue weighted by molar-refractivity contribution is -0.147. The molecule has 0 saturated carbocycles. The van der Waals surface area contributed by atoms with E-state index in [-0.39, 0.29) is 30.4 Å². The molecule has 4 rings (SSSR count). The van der Waals surface area contributed by atoms with Crippen LogP contribution in [0.25, 0.3) is 0 Å². The molecule has 0 radical (unpaired) electrons. The SMILES string of the molecule is CCOC(=O)[C@H](Cc1ccc(NC(=O)c2ccncc2)cc1)NC(=O)[C@@H]1CCCN1S(=O)(=O)c1ccc(C)cc1. The molecule has 1 aromatic heterocycles. The summed E-state index contributed by atoms with van der Waals surface area (Å²) in [6.45, 7) is 3.88. The van der Waals surface area contributed by atoms with Crippen molar-refractivity contribution in [2.45, 2.75) is 50.1 Å². The van der Waals surface area contributed by atoms with Gasteiger partial charge in [0, 0.05) is 36.6 Å². The Hall–Kier alpha value is -4.09. The lowest BCUT2D eigenvalue weighted by atomic mass is 10.0. The van der Waals surface area contributed by atoms with E-state index in [2.05, 4.69) is 15.6 Å². The Kier molecular flexibility index (Phi) is 9.28. The van der Waals surface area contributed by atoms with E-state index in [0.717, 1.165) is 11.1 Å². The lowest BCUT2D eigenvalue weighted by Crippen LogP contribution is -2.51. The molecule has 1 aliphatic rings. The fourth-order valence-electron chi connectivity index (χ4n) is 4.51. The van der Waals surface area contributed by atoms with Gasteiger partial charge >= 0.3 is 5.97 Å². The highest BCUT2D eigenvalue weighted by molar-refractivity contribution is 7.89. The molecule has 1 fully saturated rings. The van der Waals surface area contributed by atoms with Crippen LogP contribution in [-0.2, 0) is 30.8 Å². The zero-order valence-electron chi connectivity index (χ0n) is 22.4. The summed E-state index contributed by atoms with van der Waals surface area (Å²) in [4.78, 5) is 42.5. The van der Waals surface area contributed by atoms with Crippen molar-refractivity contribution in [2.75, 3.05) is 18.5 Å². The zero-order valence-corrected chi connectivity index (χ0v) is 23.2. The maximum absolute atomic E-state index is 13.3. The number of nitrogens with zero attached hydrogens (tertiary/aromatic N) is 2. The molecule has 0 unspecified atom stereocenters. The number of aromatic nitrogens is 1. The average Bonchev–Trinajstić information content (AvgIpc) is 3.46. The van der Waals surface area contributed by atoms with Crippen LogP contribution in [-0.4, -0.2) is 60.7 Å². The van der Waals surface area contributed by atoms with E-state index >= 15 is 0 Å². The van der Waals surface area contributed by atoms with E-state index < -0.39 is 34.0 Å². The maximum Gasteiger partial charge on any atom is 0.328 e. The van der Waals surface area contributed by atoms with Crippen molar-refractivity contribution in [3.05, 3.63) is 89.7 Å². The van der Waals surface area contributed by atoms with Crippen LogP contribution in [0.4, 0.5) is 5.69 Å². The van der Waals surface area contributed by atoms with Crippen molar-refractivity contribution in [1.29, 1.82) is 0 Å². The fourth-order valence-corrected chi connectivity index (χ4v) is 6.16. The van der Waals surface area contributed by atoms with Gasteiger partial charge in [-0.15, -0.1) is 0 Å². The van der Waals surface area contributed by atoms with Crippen molar-refractivity contribution < 1.29 is 27.5 Å². The second-order valence-electron chi connectivity index (χ2n) is 9.49. The number of nitrogens with one attached hydrogen (secondary N) is 2. The van der Waals surface area contributed by atoms with Gasteiger partial charge in [0.15, 0.2) is 0 Å². The second kappa shape index (κ2) is 12.8. The molecular weight excluding hydrogens is 532 g/mol. The third-order valence-electron chi connectivity index (χ3n) is 6.62. The van der Waals surface area contributed by atoms with Gasteiger partial charge in [0.05, 0.1) is 11.5 Å². The summed E-state index contributed by atoms with van der Waals surface area (Å²) in [5, 5.41) is 5.52. The quantitative estimate of drug-likeness (QED) is 0.361. The molecule has 40 heavy (non-hydrogen) atoms. The summed E-state index contributed by atoms with van der Waals surface area (Å²) in [6.07, 6.45) is 4.06. The maximum atomic E-state index is 13.3. The standard InChI is InChI=1S/C29H32N4O6S/c1-3-39-29(36)25(19-21-8-10-23(11-9-21)31-27(34)22-14-16-30-17-15-22)32-28(35)26-5-4-18-33(26)40(37,38)24-12-6-20(2)7-13-24/h6-17,25-26H,3-5,18-19H2,1-2H3,(H,31,34)(H,32,35)/t25-,26-/m0/s1. The number of ether oxygens (including phenoxy) is 1. The molecule has 2 aromatic carbocycles. The van der Waals surface area contributed by atoms with E-state index in [0.29, 0.717) is 24.1 Å². The van der Waals surface area contributed by atoms with Gasteiger partial charge in [0.2, 0.25) is 15.9 Å². The molecule has 1 saturated heterocycles. The largest absolute Gasteiger partial charge is 0.464 e. The van der Waals surface area contributed by atoms with Crippen molar-refractivity contribution >= 4 is 33.5 Å².